The van der Waals surface area contributed by atoms with Crippen LogP contribution >= 0.6 is 12.0 Å². The van der Waals surface area contributed by atoms with E-state index in [1.807, 2.05) is 0 Å². The molecule has 1 aromatic rings. The van der Waals surface area contributed by atoms with Crippen molar-refractivity contribution in [3.8, 4) is 5.75 Å². The van der Waals surface area contributed by atoms with Gasteiger partial charge in [0.2, 0.25) is 0 Å². The maximum Gasteiger partial charge on any atom is 0.298 e. The lowest BCUT2D eigenvalue weighted by Gasteiger charge is -2.03. The molecule has 0 amide bonds. The van der Waals surface area contributed by atoms with Crippen LogP contribution in [0.2, 0.25) is 0 Å². The molecule has 0 aliphatic heterocycles. The van der Waals surface area contributed by atoms with Gasteiger partial charge in [0.05, 0.1) is 4.90 Å². The van der Waals surface area contributed by atoms with E-state index in [0.29, 0.717) is 0 Å². The molecule has 0 saturated heterocycles. The molecular formula is C6H6O5S2. The molecule has 5 nitrogen and oxygen atoms in total. The highest BCUT2D eigenvalue weighted by Gasteiger charge is 2.17. The van der Waals surface area contributed by atoms with Crippen LogP contribution in [0.5, 0.6) is 5.75 Å². The van der Waals surface area contributed by atoms with E-state index in [1.165, 1.54) is 12.1 Å². The molecule has 3 N–H and O–H groups in total. The molecule has 0 aliphatic carbocycles. The van der Waals surface area contributed by atoms with Gasteiger partial charge in [-0.2, -0.15) is 8.42 Å². The van der Waals surface area contributed by atoms with Crippen LogP contribution in [0.1, 0.15) is 0 Å². The van der Waals surface area contributed by atoms with Crippen molar-refractivity contribution in [2.75, 3.05) is 0 Å². The zero-order valence-electron chi connectivity index (χ0n) is 6.21. The fraction of sp³-hybridized carbons (Fsp3) is 0. The Balaban J connectivity index is 3.41. The molecule has 0 aromatic heterocycles. The Hall–Kier alpha value is -0.760. The number of hydrogen-bond donors (Lipinski definition) is 3. The fourth-order valence-corrected chi connectivity index (χ4v) is 1.79. The zero-order valence-corrected chi connectivity index (χ0v) is 7.84. The molecule has 0 radical (unpaired) electrons. The van der Waals surface area contributed by atoms with Crippen molar-refractivity contribution in [1.82, 2.24) is 0 Å². The van der Waals surface area contributed by atoms with Crippen LogP contribution in [0.3, 0.4) is 0 Å². The summed E-state index contributed by atoms with van der Waals surface area (Å²) in [5.74, 6) is -0.655. The van der Waals surface area contributed by atoms with E-state index in [9.17, 15) is 13.5 Å². The molecule has 1 rings (SSSR count). The van der Waals surface area contributed by atoms with Crippen LogP contribution in [0.15, 0.2) is 28.0 Å². The van der Waals surface area contributed by atoms with Crippen molar-refractivity contribution in [2.24, 2.45) is 0 Å². The van der Waals surface area contributed by atoms with Crippen LogP contribution in [0.4, 0.5) is 0 Å². The molecule has 0 heterocycles. The van der Waals surface area contributed by atoms with Gasteiger partial charge in [-0.15, -0.1) is 0 Å². The summed E-state index contributed by atoms with van der Waals surface area (Å²) in [4.78, 5) is -0.651. The average Bonchev–Trinajstić information content (AvgIpc) is 2.02. The molecule has 0 spiro atoms. The van der Waals surface area contributed by atoms with Crippen LogP contribution in [-0.2, 0) is 10.1 Å². The molecule has 0 unspecified atom stereocenters. The first kappa shape index (κ1) is 10.3. The summed E-state index contributed by atoms with van der Waals surface area (Å²) < 4.78 is 38.5. The van der Waals surface area contributed by atoms with E-state index in [0.717, 1.165) is 6.07 Å². The highest BCUT2D eigenvalue weighted by molar-refractivity contribution is 7.94. The maximum atomic E-state index is 10.6. The second-order valence-electron chi connectivity index (χ2n) is 2.17. The molecule has 72 valence electrons. The molecule has 0 fully saturated rings. The molecule has 1 aromatic carbocycles. The Bertz CT molecular complexity index is 411. The van der Waals surface area contributed by atoms with E-state index >= 15 is 0 Å². The van der Waals surface area contributed by atoms with Crippen molar-refractivity contribution >= 4 is 22.2 Å². The normalized spacial score (nSPS) is 11.5. The Morgan fingerprint density at radius 2 is 1.92 bits per heavy atom. The number of aromatic hydroxyl groups is 1. The van der Waals surface area contributed by atoms with E-state index in [-0.39, 0.29) is 16.9 Å². The van der Waals surface area contributed by atoms with Crippen LogP contribution in [0, 0.1) is 0 Å². The van der Waals surface area contributed by atoms with Gasteiger partial charge in [0.15, 0.2) is 5.75 Å². The fourth-order valence-electron chi connectivity index (χ4n) is 0.784. The van der Waals surface area contributed by atoms with E-state index in [4.69, 9.17) is 9.11 Å². The standard InChI is InChI=1S/C6H6O5S2/c7-6-4(12-8)2-1-3-5(6)13(9,10)11/h1-3,7-8H,(H,9,10,11). The summed E-state index contributed by atoms with van der Waals surface area (Å²) in [5.41, 5.74) is 0. The molecule has 7 heteroatoms. The summed E-state index contributed by atoms with van der Waals surface area (Å²) in [7, 11) is -4.44. The van der Waals surface area contributed by atoms with E-state index in [1.54, 1.807) is 0 Å². The average molecular weight is 222 g/mol. The summed E-state index contributed by atoms with van der Waals surface area (Å²) in [6.45, 7) is 0. The van der Waals surface area contributed by atoms with Crippen molar-refractivity contribution < 1.29 is 22.6 Å². The Labute approximate surface area is 79.0 Å². The van der Waals surface area contributed by atoms with Crippen LogP contribution in [0.25, 0.3) is 0 Å². The monoisotopic (exact) mass is 222 g/mol. The number of benzene rings is 1. The second-order valence-corrected chi connectivity index (χ2v) is 4.18. The predicted octanol–water partition coefficient (Wildman–Crippen LogP) is 1.20. The molecule has 0 atom stereocenters. The summed E-state index contributed by atoms with van der Waals surface area (Å²) in [5, 5.41) is 9.20. The number of para-hydroxylation sites is 1. The lowest BCUT2D eigenvalue weighted by Crippen LogP contribution is -1.98. The van der Waals surface area contributed by atoms with E-state index in [2.05, 4.69) is 0 Å². The van der Waals surface area contributed by atoms with Gasteiger partial charge in [0.1, 0.15) is 4.90 Å². The summed E-state index contributed by atoms with van der Waals surface area (Å²) in [6.07, 6.45) is 0. The van der Waals surface area contributed by atoms with Crippen molar-refractivity contribution in [3.63, 3.8) is 0 Å². The van der Waals surface area contributed by atoms with Gasteiger partial charge >= 0.3 is 0 Å². The number of phenols is 1. The first-order valence-electron chi connectivity index (χ1n) is 3.07. The number of phenolic OH excluding ortho intramolecular Hbond substituents is 1. The quantitative estimate of drug-likeness (QED) is 0.514. The summed E-state index contributed by atoms with van der Waals surface area (Å²) in [6, 6.07) is 3.64. The van der Waals surface area contributed by atoms with E-state index < -0.39 is 20.8 Å². The maximum absolute atomic E-state index is 10.6. The second kappa shape index (κ2) is 3.54. The van der Waals surface area contributed by atoms with Crippen LogP contribution < -0.4 is 0 Å². The van der Waals surface area contributed by atoms with Gasteiger partial charge in [-0.05, 0) is 12.1 Å². The van der Waals surface area contributed by atoms with Crippen molar-refractivity contribution in [3.05, 3.63) is 18.2 Å². The lowest BCUT2D eigenvalue weighted by atomic mass is 10.3. The van der Waals surface area contributed by atoms with Gasteiger partial charge in [0.25, 0.3) is 10.1 Å². The Morgan fingerprint density at radius 1 is 1.31 bits per heavy atom. The first-order chi connectivity index (χ1) is 5.96. The Morgan fingerprint density at radius 3 is 2.38 bits per heavy atom. The summed E-state index contributed by atoms with van der Waals surface area (Å²) >= 11 is 0.200. The van der Waals surface area contributed by atoms with Gasteiger partial charge < -0.3 is 9.66 Å². The largest absolute Gasteiger partial charge is 0.505 e. The SMILES string of the molecule is O=S(=O)(O)c1cccc(SO)c1O. The molecule has 0 bridgehead atoms. The zero-order chi connectivity index (χ0) is 10.1. The minimum atomic E-state index is -4.44. The van der Waals surface area contributed by atoms with Crippen molar-refractivity contribution in [1.29, 1.82) is 0 Å². The third-order valence-electron chi connectivity index (χ3n) is 1.34. The molecule has 0 saturated carbocycles. The van der Waals surface area contributed by atoms with Gasteiger partial charge in [-0.3, -0.25) is 4.55 Å². The number of rotatable bonds is 2. The minimum Gasteiger partial charge on any atom is -0.505 e. The predicted molar refractivity (Wildman–Crippen MR) is 46.4 cm³/mol. The number of hydrogen-bond acceptors (Lipinski definition) is 5. The third-order valence-corrected chi connectivity index (χ3v) is 2.75. The molecule has 13 heavy (non-hydrogen) atoms. The minimum absolute atomic E-state index is 0.0323. The van der Waals surface area contributed by atoms with Gasteiger partial charge in [0, 0.05) is 12.0 Å². The lowest BCUT2D eigenvalue weighted by molar-refractivity contribution is 0.432. The van der Waals surface area contributed by atoms with Crippen LogP contribution in [-0.4, -0.2) is 22.6 Å². The van der Waals surface area contributed by atoms with Crippen molar-refractivity contribution in [2.45, 2.75) is 9.79 Å². The third kappa shape index (κ3) is 2.13. The topological polar surface area (TPSA) is 94.8 Å². The van der Waals surface area contributed by atoms with Gasteiger partial charge in [-0.25, -0.2) is 0 Å². The smallest absolute Gasteiger partial charge is 0.298 e. The highest BCUT2D eigenvalue weighted by atomic mass is 32.2. The molecule has 0 aliphatic rings. The highest BCUT2D eigenvalue weighted by Crippen LogP contribution is 2.32. The Kier molecular flexibility index (Phi) is 2.81. The van der Waals surface area contributed by atoms with Gasteiger partial charge in [-0.1, -0.05) is 6.07 Å². The first-order valence-corrected chi connectivity index (χ1v) is 5.29. The molecular weight excluding hydrogens is 216 g/mol.